The van der Waals surface area contributed by atoms with E-state index in [0.717, 1.165) is 10.9 Å². The van der Waals surface area contributed by atoms with Gasteiger partial charge in [-0.3, -0.25) is 0 Å². The van der Waals surface area contributed by atoms with Gasteiger partial charge in [-0.05, 0) is 24.3 Å². The summed E-state index contributed by atoms with van der Waals surface area (Å²) in [5.41, 5.74) is 0.900. The van der Waals surface area contributed by atoms with Gasteiger partial charge in [-0.2, -0.15) is 0 Å². The van der Waals surface area contributed by atoms with Gasteiger partial charge in [0.25, 0.3) is 0 Å². The Hall–Kier alpha value is -2.89. The zero-order valence-corrected chi connectivity index (χ0v) is 12.2. The molecular weight excluding hydrogens is 286 g/mol. The molecule has 0 saturated carbocycles. The van der Waals surface area contributed by atoms with Gasteiger partial charge in [0, 0.05) is 17.6 Å². The second-order valence-electron chi connectivity index (χ2n) is 4.78. The van der Waals surface area contributed by atoms with E-state index in [1.54, 1.807) is 20.3 Å². The van der Waals surface area contributed by atoms with Crippen molar-refractivity contribution in [2.45, 2.75) is 6.54 Å². The van der Waals surface area contributed by atoms with Crippen molar-refractivity contribution in [3.63, 3.8) is 0 Å². The molecule has 0 atom stereocenters. The van der Waals surface area contributed by atoms with Crippen LogP contribution in [0.5, 0.6) is 11.5 Å². The van der Waals surface area contributed by atoms with Gasteiger partial charge in [-0.25, -0.2) is 4.79 Å². The lowest BCUT2D eigenvalue weighted by atomic mass is 10.2. The lowest BCUT2D eigenvalue weighted by Gasteiger charge is -2.09. The maximum atomic E-state index is 10.9. The van der Waals surface area contributed by atoms with E-state index in [0.29, 0.717) is 23.8 Å². The highest BCUT2D eigenvalue weighted by atomic mass is 16.5. The van der Waals surface area contributed by atoms with Crippen LogP contribution < -0.4 is 9.47 Å². The van der Waals surface area contributed by atoms with Gasteiger partial charge in [-0.15, -0.1) is 0 Å². The van der Waals surface area contributed by atoms with Crippen molar-refractivity contribution in [3.05, 3.63) is 48.0 Å². The van der Waals surface area contributed by atoms with E-state index in [2.05, 4.69) is 0 Å². The smallest absolute Gasteiger partial charge is 0.371 e. The van der Waals surface area contributed by atoms with E-state index in [1.165, 1.54) is 6.07 Å². The van der Waals surface area contributed by atoms with Gasteiger partial charge in [0.05, 0.1) is 26.3 Å². The first kappa shape index (κ1) is 14.1. The second-order valence-corrected chi connectivity index (χ2v) is 4.78. The molecule has 114 valence electrons. The molecule has 3 rings (SSSR count). The molecule has 6 nitrogen and oxygen atoms in total. The van der Waals surface area contributed by atoms with Crippen LogP contribution in [-0.4, -0.2) is 29.9 Å². The minimum atomic E-state index is -1.08. The highest BCUT2D eigenvalue weighted by Gasteiger charge is 2.13. The molecule has 1 aromatic carbocycles. The van der Waals surface area contributed by atoms with E-state index in [9.17, 15) is 4.79 Å². The van der Waals surface area contributed by atoms with Crippen LogP contribution in [0.1, 0.15) is 16.3 Å². The third kappa shape index (κ3) is 2.39. The Bertz CT molecular complexity index is 830. The zero-order valence-electron chi connectivity index (χ0n) is 12.2. The van der Waals surface area contributed by atoms with E-state index >= 15 is 0 Å². The summed E-state index contributed by atoms with van der Waals surface area (Å²) in [6, 6.07) is 8.78. The second kappa shape index (κ2) is 5.48. The summed E-state index contributed by atoms with van der Waals surface area (Å²) in [6.07, 6.45) is 1.90. The summed E-state index contributed by atoms with van der Waals surface area (Å²) in [5, 5.41) is 9.87. The minimum absolute atomic E-state index is 0.0694. The summed E-state index contributed by atoms with van der Waals surface area (Å²) < 4.78 is 17.9. The maximum Gasteiger partial charge on any atom is 0.371 e. The van der Waals surface area contributed by atoms with Gasteiger partial charge in [-0.1, -0.05) is 0 Å². The SMILES string of the molecule is COc1cc(OC)c2c(ccn2Cc2ccc(C(=O)O)o2)c1. The molecular formula is C16H15NO5. The van der Waals surface area contributed by atoms with Gasteiger partial charge in [0.1, 0.15) is 17.3 Å². The average molecular weight is 301 g/mol. The molecule has 6 heteroatoms. The molecule has 0 aliphatic heterocycles. The molecule has 0 fully saturated rings. The topological polar surface area (TPSA) is 73.8 Å². The van der Waals surface area contributed by atoms with E-state index < -0.39 is 5.97 Å². The Kier molecular flexibility index (Phi) is 3.50. The largest absolute Gasteiger partial charge is 0.497 e. The highest BCUT2D eigenvalue weighted by molar-refractivity contribution is 5.88. The summed E-state index contributed by atoms with van der Waals surface area (Å²) in [7, 11) is 3.20. The number of hydrogen-bond donors (Lipinski definition) is 1. The molecule has 0 amide bonds. The van der Waals surface area contributed by atoms with Crippen LogP contribution in [0.4, 0.5) is 0 Å². The van der Waals surface area contributed by atoms with Gasteiger partial charge < -0.3 is 23.6 Å². The van der Waals surface area contributed by atoms with Gasteiger partial charge >= 0.3 is 5.97 Å². The van der Waals surface area contributed by atoms with Crippen LogP contribution in [-0.2, 0) is 6.54 Å². The molecule has 0 aliphatic carbocycles. The first-order valence-electron chi connectivity index (χ1n) is 6.65. The number of carboxylic acid groups (broad SMARTS) is 1. The van der Waals surface area contributed by atoms with Crippen molar-refractivity contribution < 1.29 is 23.8 Å². The summed E-state index contributed by atoms with van der Waals surface area (Å²) >= 11 is 0. The Balaban J connectivity index is 2.01. The summed E-state index contributed by atoms with van der Waals surface area (Å²) in [5.74, 6) is 0.816. The normalized spacial score (nSPS) is 10.8. The maximum absolute atomic E-state index is 10.9. The Morgan fingerprint density at radius 2 is 2.05 bits per heavy atom. The number of rotatable bonds is 5. The van der Waals surface area contributed by atoms with Gasteiger partial charge in [0.15, 0.2) is 0 Å². The number of fused-ring (bicyclic) bond motifs is 1. The molecule has 22 heavy (non-hydrogen) atoms. The van der Waals surface area contributed by atoms with Crippen molar-refractivity contribution in [1.29, 1.82) is 0 Å². The first-order valence-corrected chi connectivity index (χ1v) is 6.65. The minimum Gasteiger partial charge on any atom is -0.497 e. The summed E-state index contributed by atoms with van der Waals surface area (Å²) in [6.45, 7) is 0.416. The lowest BCUT2D eigenvalue weighted by Crippen LogP contribution is -1.99. The first-order chi connectivity index (χ1) is 10.6. The van der Waals surface area contributed by atoms with Crippen LogP contribution in [0, 0.1) is 0 Å². The van der Waals surface area contributed by atoms with Crippen LogP contribution >= 0.6 is 0 Å². The molecule has 1 N–H and O–H groups in total. The lowest BCUT2D eigenvalue weighted by molar-refractivity contribution is 0.0660. The highest BCUT2D eigenvalue weighted by Crippen LogP contribution is 2.32. The number of hydrogen-bond acceptors (Lipinski definition) is 4. The van der Waals surface area contributed by atoms with Crippen LogP contribution in [0.15, 0.2) is 40.9 Å². The molecule has 3 aromatic rings. The van der Waals surface area contributed by atoms with Crippen molar-refractivity contribution in [3.8, 4) is 11.5 Å². The Morgan fingerprint density at radius 3 is 2.68 bits per heavy atom. The Morgan fingerprint density at radius 1 is 1.23 bits per heavy atom. The molecule has 0 unspecified atom stereocenters. The molecule has 0 radical (unpaired) electrons. The molecule has 0 bridgehead atoms. The predicted molar refractivity (Wildman–Crippen MR) is 79.8 cm³/mol. The number of carbonyl (C=O) groups is 1. The molecule has 2 aromatic heterocycles. The monoisotopic (exact) mass is 301 g/mol. The third-order valence-corrected chi connectivity index (χ3v) is 3.45. The zero-order chi connectivity index (χ0) is 15.7. The quantitative estimate of drug-likeness (QED) is 0.784. The molecule has 0 spiro atoms. The van der Waals surface area contributed by atoms with Crippen molar-refractivity contribution in [1.82, 2.24) is 4.57 Å². The number of furan rings is 1. The van der Waals surface area contributed by atoms with Crippen molar-refractivity contribution in [2.24, 2.45) is 0 Å². The predicted octanol–water partition coefficient (Wildman–Crippen LogP) is 3.00. The van der Waals surface area contributed by atoms with Crippen molar-refractivity contribution in [2.75, 3.05) is 14.2 Å². The molecule has 0 saturated heterocycles. The number of aromatic carboxylic acids is 1. The van der Waals surface area contributed by atoms with Crippen LogP contribution in [0.3, 0.4) is 0 Å². The van der Waals surface area contributed by atoms with Crippen LogP contribution in [0.25, 0.3) is 10.9 Å². The van der Waals surface area contributed by atoms with E-state index in [-0.39, 0.29) is 5.76 Å². The number of benzene rings is 1. The third-order valence-electron chi connectivity index (χ3n) is 3.45. The number of carboxylic acids is 1. The fraction of sp³-hybridized carbons (Fsp3) is 0.188. The Labute approximate surface area is 126 Å². The summed E-state index contributed by atoms with van der Waals surface area (Å²) in [4.78, 5) is 10.9. The number of nitrogens with zero attached hydrogens (tertiary/aromatic N) is 1. The number of methoxy groups -OCH3 is 2. The molecule has 0 aliphatic rings. The van der Waals surface area contributed by atoms with E-state index in [1.807, 2.05) is 29.0 Å². The molecule has 2 heterocycles. The number of ether oxygens (including phenoxy) is 2. The van der Waals surface area contributed by atoms with Gasteiger partial charge in [0.2, 0.25) is 5.76 Å². The fourth-order valence-corrected chi connectivity index (χ4v) is 2.43. The number of aromatic nitrogens is 1. The average Bonchev–Trinajstić information content (AvgIpc) is 3.14. The van der Waals surface area contributed by atoms with Crippen LogP contribution in [0.2, 0.25) is 0 Å². The van der Waals surface area contributed by atoms with Crippen molar-refractivity contribution >= 4 is 16.9 Å². The standard InChI is InChI=1S/C16H15NO5/c1-20-12-7-10-5-6-17(15(10)14(8-12)21-2)9-11-3-4-13(22-11)16(18)19/h3-8H,9H2,1-2H3,(H,18,19). The fourth-order valence-electron chi connectivity index (χ4n) is 2.43. The van der Waals surface area contributed by atoms with E-state index in [4.69, 9.17) is 19.0 Å².